The van der Waals surface area contributed by atoms with Crippen LogP contribution in [0.15, 0.2) is 36.4 Å². The fourth-order valence-corrected chi connectivity index (χ4v) is 4.26. The van der Waals surface area contributed by atoms with Crippen LogP contribution in [-0.4, -0.2) is 55.3 Å². The zero-order chi connectivity index (χ0) is 26.2. The van der Waals surface area contributed by atoms with E-state index in [1.807, 2.05) is 18.7 Å². The molecule has 194 valence electrons. The third-order valence-electron chi connectivity index (χ3n) is 5.94. The number of carbonyl (C=O) groups excluding carboxylic acids is 3. The van der Waals surface area contributed by atoms with E-state index in [0.717, 1.165) is 25.9 Å². The van der Waals surface area contributed by atoms with Gasteiger partial charge in [0.05, 0.1) is 37.5 Å². The zero-order valence-electron chi connectivity index (χ0n) is 20.6. The number of cyclic esters (lactones) is 1. The van der Waals surface area contributed by atoms with E-state index in [9.17, 15) is 23.9 Å². The first-order valence-electron chi connectivity index (χ1n) is 12.1. The Bertz CT molecular complexity index is 1100. The lowest BCUT2D eigenvalue weighted by Gasteiger charge is -2.25. The minimum Gasteiger partial charge on any atom is -0.442 e. The minimum atomic E-state index is -0.656. The summed E-state index contributed by atoms with van der Waals surface area (Å²) < 4.78 is 20.2. The van der Waals surface area contributed by atoms with E-state index in [1.54, 1.807) is 24.3 Å². The maximum absolute atomic E-state index is 14.9. The van der Waals surface area contributed by atoms with E-state index < -0.39 is 23.9 Å². The van der Waals surface area contributed by atoms with Crippen molar-refractivity contribution in [3.8, 4) is 0 Å². The molecule has 1 saturated heterocycles. The SMILES string of the molecule is CCCN(CCC)c1ccc(N2CC(CNC(=O)Cc3ccc(C(N)=O)c(CO)c3)OC2=O)cc1F. The molecular weight excluding hydrogens is 467 g/mol. The molecule has 0 aliphatic carbocycles. The number of nitrogens with two attached hydrogens (primary N) is 1. The fourth-order valence-electron chi connectivity index (χ4n) is 4.26. The number of anilines is 2. The molecule has 3 rings (SSSR count). The lowest BCUT2D eigenvalue weighted by molar-refractivity contribution is -0.120. The van der Waals surface area contributed by atoms with E-state index >= 15 is 0 Å². The Morgan fingerprint density at radius 3 is 2.53 bits per heavy atom. The Balaban J connectivity index is 1.58. The van der Waals surface area contributed by atoms with Gasteiger partial charge in [-0.05, 0) is 48.2 Å². The van der Waals surface area contributed by atoms with Crippen LogP contribution in [0.2, 0.25) is 0 Å². The van der Waals surface area contributed by atoms with Crippen LogP contribution in [0.25, 0.3) is 0 Å². The number of carbonyl (C=O) groups is 3. The summed E-state index contributed by atoms with van der Waals surface area (Å²) in [6.07, 6.45) is 0.610. The number of benzene rings is 2. The molecule has 1 heterocycles. The highest BCUT2D eigenvalue weighted by Gasteiger charge is 2.33. The van der Waals surface area contributed by atoms with Crippen LogP contribution in [-0.2, 0) is 22.6 Å². The van der Waals surface area contributed by atoms with Crippen molar-refractivity contribution < 1.29 is 28.6 Å². The highest BCUT2D eigenvalue weighted by molar-refractivity contribution is 5.94. The molecule has 10 heteroatoms. The summed E-state index contributed by atoms with van der Waals surface area (Å²) in [4.78, 5) is 39.6. The molecule has 2 aromatic carbocycles. The van der Waals surface area contributed by atoms with Gasteiger partial charge in [0, 0.05) is 18.7 Å². The molecule has 0 bridgehead atoms. The Labute approximate surface area is 210 Å². The summed E-state index contributed by atoms with van der Waals surface area (Å²) in [5.41, 5.74) is 7.33. The predicted molar refractivity (Wildman–Crippen MR) is 134 cm³/mol. The average Bonchev–Trinajstić information content (AvgIpc) is 3.22. The van der Waals surface area contributed by atoms with Crippen LogP contribution < -0.4 is 20.9 Å². The molecule has 1 atom stereocenters. The van der Waals surface area contributed by atoms with Gasteiger partial charge in [0.25, 0.3) is 0 Å². The number of aliphatic hydroxyl groups is 1. The lowest BCUT2D eigenvalue weighted by atomic mass is 10.0. The second-order valence-corrected chi connectivity index (χ2v) is 8.73. The van der Waals surface area contributed by atoms with Crippen molar-refractivity contribution in [2.24, 2.45) is 5.73 Å². The summed E-state index contributed by atoms with van der Waals surface area (Å²) in [5, 5.41) is 12.2. The fraction of sp³-hybridized carbons (Fsp3) is 0.423. The Morgan fingerprint density at radius 1 is 1.19 bits per heavy atom. The van der Waals surface area contributed by atoms with Crippen molar-refractivity contribution in [1.29, 1.82) is 0 Å². The van der Waals surface area contributed by atoms with Gasteiger partial charge in [-0.3, -0.25) is 14.5 Å². The monoisotopic (exact) mass is 500 g/mol. The third-order valence-corrected chi connectivity index (χ3v) is 5.94. The molecule has 1 aliphatic rings. The van der Waals surface area contributed by atoms with E-state index in [4.69, 9.17) is 10.5 Å². The molecule has 0 saturated carbocycles. The van der Waals surface area contributed by atoms with Crippen molar-refractivity contribution in [1.82, 2.24) is 5.32 Å². The number of hydrogen-bond donors (Lipinski definition) is 3. The van der Waals surface area contributed by atoms with Gasteiger partial charge in [0.15, 0.2) is 0 Å². The van der Waals surface area contributed by atoms with E-state index in [1.165, 1.54) is 17.0 Å². The minimum absolute atomic E-state index is 0.00904. The quantitative estimate of drug-likeness (QED) is 0.412. The second kappa shape index (κ2) is 12.3. The molecule has 1 fully saturated rings. The number of ether oxygens (including phenoxy) is 1. The first-order valence-corrected chi connectivity index (χ1v) is 12.1. The van der Waals surface area contributed by atoms with Gasteiger partial charge in [-0.2, -0.15) is 0 Å². The number of hydrogen-bond acceptors (Lipinski definition) is 6. The van der Waals surface area contributed by atoms with Crippen molar-refractivity contribution >= 4 is 29.3 Å². The standard InChI is InChI=1S/C26H33FN4O5/c1-3-9-30(10-4-2)23-8-6-19(13-22(23)27)31-15-20(36-26(31)35)14-29-24(33)12-17-5-7-21(25(28)34)18(11-17)16-32/h5-8,11,13,20,32H,3-4,9-10,12,14-16H2,1-2H3,(H2,28,34)(H,29,33). The van der Waals surface area contributed by atoms with Gasteiger partial charge in [0.2, 0.25) is 11.8 Å². The molecule has 0 spiro atoms. The summed E-state index contributed by atoms with van der Waals surface area (Å²) in [6, 6.07) is 9.34. The molecule has 36 heavy (non-hydrogen) atoms. The number of nitrogens with zero attached hydrogens (tertiary/aromatic N) is 2. The van der Waals surface area contributed by atoms with Crippen LogP contribution in [0.5, 0.6) is 0 Å². The number of primary amides is 1. The van der Waals surface area contributed by atoms with Gasteiger partial charge < -0.3 is 25.8 Å². The average molecular weight is 501 g/mol. The number of nitrogens with one attached hydrogen (secondary N) is 1. The largest absolute Gasteiger partial charge is 0.442 e. The molecule has 3 amide bonds. The van der Waals surface area contributed by atoms with Crippen molar-refractivity contribution in [2.45, 2.75) is 45.8 Å². The Hall–Kier alpha value is -3.66. The molecule has 2 aromatic rings. The predicted octanol–water partition coefficient (Wildman–Crippen LogP) is 2.73. The number of rotatable bonds is 12. The first kappa shape index (κ1) is 26.9. The van der Waals surface area contributed by atoms with E-state index in [2.05, 4.69) is 5.32 Å². The number of halogens is 1. The highest BCUT2D eigenvalue weighted by Crippen LogP contribution is 2.28. The molecule has 1 aliphatic heterocycles. The van der Waals surface area contributed by atoms with Gasteiger partial charge in [-0.25, -0.2) is 9.18 Å². The van der Waals surface area contributed by atoms with Gasteiger partial charge >= 0.3 is 6.09 Å². The summed E-state index contributed by atoms with van der Waals surface area (Å²) >= 11 is 0. The van der Waals surface area contributed by atoms with Crippen LogP contribution in [0.3, 0.4) is 0 Å². The van der Waals surface area contributed by atoms with Crippen molar-refractivity contribution in [3.63, 3.8) is 0 Å². The van der Waals surface area contributed by atoms with Gasteiger partial charge in [-0.15, -0.1) is 0 Å². The Morgan fingerprint density at radius 2 is 1.92 bits per heavy atom. The lowest BCUT2D eigenvalue weighted by Crippen LogP contribution is -2.35. The molecule has 1 unspecified atom stereocenters. The topological polar surface area (TPSA) is 125 Å². The van der Waals surface area contributed by atoms with Crippen molar-refractivity contribution in [3.05, 3.63) is 58.9 Å². The van der Waals surface area contributed by atoms with Crippen LogP contribution in [0, 0.1) is 5.82 Å². The smallest absolute Gasteiger partial charge is 0.414 e. The highest BCUT2D eigenvalue weighted by atomic mass is 19.1. The molecular formula is C26H33FN4O5. The zero-order valence-corrected chi connectivity index (χ0v) is 20.6. The summed E-state index contributed by atoms with van der Waals surface area (Å²) in [7, 11) is 0. The van der Waals surface area contributed by atoms with E-state index in [0.29, 0.717) is 22.5 Å². The number of amides is 3. The summed E-state index contributed by atoms with van der Waals surface area (Å²) in [5.74, 6) is -1.37. The molecule has 0 radical (unpaired) electrons. The summed E-state index contributed by atoms with van der Waals surface area (Å²) in [6.45, 7) is 5.46. The van der Waals surface area contributed by atoms with E-state index in [-0.39, 0.29) is 37.6 Å². The van der Waals surface area contributed by atoms with Crippen LogP contribution in [0.1, 0.15) is 48.2 Å². The van der Waals surface area contributed by atoms with Gasteiger partial charge in [0.1, 0.15) is 11.9 Å². The molecule has 0 aromatic heterocycles. The van der Waals surface area contributed by atoms with Crippen LogP contribution in [0.4, 0.5) is 20.6 Å². The Kier molecular flexibility index (Phi) is 9.24. The molecule has 4 N–H and O–H groups in total. The molecule has 9 nitrogen and oxygen atoms in total. The normalized spacial score (nSPS) is 15.1. The van der Waals surface area contributed by atoms with Gasteiger partial charge in [-0.1, -0.05) is 26.0 Å². The maximum atomic E-state index is 14.9. The maximum Gasteiger partial charge on any atom is 0.414 e. The van der Waals surface area contributed by atoms with Crippen LogP contribution >= 0.6 is 0 Å². The second-order valence-electron chi connectivity index (χ2n) is 8.73. The third kappa shape index (κ3) is 6.51. The number of aliphatic hydroxyl groups excluding tert-OH is 1. The van der Waals surface area contributed by atoms with Crippen molar-refractivity contribution in [2.75, 3.05) is 36.0 Å². The first-order chi connectivity index (χ1) is 17.3.